The van der Waals surface area contributed by atoms with Gasteiger partial charge in [0.05, 0.1) is 13.2 Å². The van der Waals surface area contributed by atoms with Crippen molar-refractivity contribution in [1.82, 2.24) is 0 Å². The first-order valence-corrected chi connectivity index (χ1v) is 16.2. The van der Waals surface area contributed by atoms with Crippen LogP contribution in [0.25, 0.3) is 10.4 Å². The number of hydrogen-bond donors (Lipinski definition) is 0. The Morgan fingerprint density at radius 1 is 1.16 bits per heavy atom. The van der Waals surface area contributed by atoms with Crippen molar-refractivity contribution in [3.8, 4) is 0 Å². The van der Waals surface area contributed by atoms with E-state index in [4.69, 9.17) is 19.7 Å². The lowest BCUT2D eigenvalue weighted by molar-refractivity contribution is -0.162. The minimum absolute atomic E-state index is 0.0352. The van der Waals surface area contributed by atoms with Crippen LogP contribution in [0.15, 0.2) is 28.6 Å². The molecule has 6 rings (SSSR count). The van der Waals surface area contributed by atoms with Gasteiger partial charge in [-0.05, 0) is 89.2 Å². The Hall–Kier alpha value is -2.80. The van der Waals surface area contributed by atoms with E-state index in [-0.39, 0.29) is 69.7 Å². The van der Waals surface area contributed by atoms with Gasteiger partial charge in [0, 0.05) is 42.4 Å². The van der Waals surface area contributed by atoms with Crippen LogP contribution in [0.4, 0.5) is 0 Å². The highest BCUT2D eigenvalue weighted by molar-refractivity contribution is 5.93. The average molecular weight is 594 g/mol. The third kappa shape index (κ3) is 4.09. The zero-order valence-corrected chi connectivity index (χ0v) is 26.7. The average Bonchev–Trinajstić information content (AvgIpc) is 3.38. The van der Waals surface area contributed by atoms with E-state index in [1.165, 1.54) is 13.8 Å². The summed E-state index contributed by atoms with van der Waals surface area (Å²) in [6.45, 7) is 14.5. The van der Waals surface area contributed by atoms with Gasteiger partial charge in [-0.2, -0.15) is 0 Å². The Labute approximate surface area is 254 Å². The molecule has 1 aliphatic heterocycles. The molecule has 1 heterocycles. The maximum absolute atomic E-state index is 12.7. The van der Waals surface area contributed by atoms with E-state index in [0.717, 1.165) is 44.1 Å². The molecular weight excluding hydrogens is 546 g/mol. The molecule has 0 aromatic carbocycles. The minimum atomic E-state index is -0.680. The Kier molecular flexibility index (Phi) is 7.11. The molecule has 5 aliphatic carbocycles. The summed E-state index contributed by atoms with van der Waals surface area (Å²) >= 11 is 0. The van der Waals surface area contributed by atoms with Crippen molar-refractivity contribution in [3.05, 3.63) is 33.9 Å². The number of carbonyl (C=O) groups excluding carboxylic acids is 3. The predicted octanol–water partition coefficient (Wildman–Crippen LogP) is 6.72. The van der Waals surface area contributed by atoms with Crippen LogP contribution < -0.4 is 0 Å². The third-order valence-corrected chi connectivity index (χ3v) is 13.6. The highest BCUT2D eigenvalue weighted by Gasteiger charge is 2.81. The summed E-state index contributed by atoms with van der Waals surface area (Å²) in [6, 6.07) is 0. The predicted molar refractivity (Wildman–Crippen MR) is 159 cm³/mol. The molecule has 43 heavy (non-hydrogen) atoms. The Balaban J connectivity index is 1.41. The highest BCUT2D eigenvalue weighted by atomic mass is 16.6. The number of hydrogen-bond acceptors (Lipinski definition) is 7. The first-order valence-electron chi connectivity index (χ1n) is 16.2. The number of rotatable bonds is 7. The van der Waals surface area contributed by atoms with Crippen LogP contribution in [0.5, 0.6) is 0 Å². The van der Waals surface area contributed by atoms with E-state index in [0.29, 0.717) is 24.2 Å². The van der Waals surface area contributed by atoms with Gasteiger partial charge in [0.1, 0.15) is 11.9 Å². The van der Waals surface area contributed by atoms with Crippen LogP contribution in [-0.4, -0.2) is 43.1 Å². The van der Waals surface area contributed by atoms with Crippen molar-refractivity contribution in [2.45, 2.75) is 99.2 Å². The summed E-state index contributed by atoms with van der Waals surface area (Å²) in [5.74, 6) is 0.821. The van der Waals surface area contributed by atoms with E-state index in [2.05, 4.69) is 43.8 Å². The van der Waals surface area contributed by atoms with Gasteiger partial charge in [-0.1, -0.05) is 45.8 Å². The Bertz CT molecular complexity index is 1350. The number of ether oxygens (including phenoxy) is 3. The SMILES string of the molecule is CC(=O)O[C@H]1C[C@@]2(C)[C@@H]3CC[C@H]4[C@H](C)C(=O)C=C[C@@]45C[C@@]35CC[C@]2(C)[C@H]1[C@H](C)[C@@H](OC(C)=O)C1=C(CN=[N+]=[N-])C(C)CO1. The number of allylic oxidation sites excluding steroid dienone is 2. The third-order valence-electron chi connectivity index (χ3n) is 13.6. The van der Waals surface area contributed by atoms with Crippen molar-refractivity contribution >= 4 is 17.7 Å². The molecule has 0 saturated heterocycles. The summed E-state index contributed by atoms with van der Waals surface area (Å²) in [4.78, 5) is 40.7. The van der Waals surface area contributed by atoms with Crippen molar-refractivity contribution in [1.29, 1.82) is 0 Å². The fourth-order valence-electron chi connectivity index (χ4n) is 11.7. The number of ketones is 1. The molecule has 0 amide bonds. The summed E-state index contributed by atoms with van der Waals surface area (Å²) < 4.78 is 18.5. The van der Waals surface area contributed by atoms with Crippen LogP contribution in [0.2, 0.25) is 0 Å². The first-order chi connectivity index (χ1) is 20.3. The molecule has 9 heteroatoms. The molecule has 2 spiro atoms. The number of azide groups is 1. The van der Waals surface area contributed by atoms with Crippen molar-refractivity contribution < 1.29 is 28.6 Å². The number of fused-ring (bicyclic) bond motifs is 2. The smallest absolute Gasteiger partial charge is 0.303 e. The van der Waals surface area contributed by atoms with Gasteiger partial charge in [0.25, 0.3) is 0 Å². The van der Waals surface area contributed by atoms with E-state index < -0.39 is 12.1 Å². The summed E-state index contributed by atoms with van der Waals surface area (Å²) in [5.41, 5.74) is 9.88. The van der Waals surface area contributed by atoms with Gasteiger partial charge in [0.2, 0.25) is 0 Å². The highest BCUT2D eigenvalue weighted by Crippen LogP contribution is 2.87. The Morgan fingerprint density at radius 2 is 1.91 bits per heavy atom. The van der Waals surface area contributed by atoms with E-state index in [9.17, 15) is 14.4 Å². The van der Waals surface area contributed by atoms with Crippen LogP contribution in [-0.2, 0) is 28.6 Å². The lowest BCUT2D eigenvalue weighted by Crippen LogP contribution is -2.55. The summed E-state index contributed by atoms with van der Waals surface area (Å²) in [6.07, 6.45) is 9.23. The van der Waals surface area contributed by atoms with Crippen molar-refractivity contribution in [2.75, 3.05) is 13.2 Å². The second kappa shape index (κ2) is 10.1. The molecule has 9 nitrogen and oxygen atoms in total. The maximum atomic E-state index is 12.7. The topological polar surface area (TPSA) is 128 Å². The minimum Gasteiger partial charge on any atom is -0.493 e. The van der Waals surface area contributed by atoms with Crippen LogP contribution >= 0.6 is 0 Å². The fourth-order valence-corrected chi connectivity index (χ4v) is 11.7. The quantitative estimate of drug-likeness (QED) is 0.139. The van der Waals surface area contributed by atoms with Crippen LogP contribution in [0, 0.1) is 57.2 Å². The largest absolute Gasteiger partial charge is 0.493 e. The molecule has 0 radical (unpaired) electrons. The van der Waals surface area contributed by atoms with Gasteiger partial charge in [-0.15, -0.1) is 0 Å². The number of esters is 2. The second-order valence-electron chi connectivity index (χ2n) is 15.2. The number of carbonyl (C=O) groups is 3. The standard InChI is InChI=1S/C34H47N3O6/c1-18-16-41-30(23(18)15-36-37-35)29(43-22(5)39)20(3)28-26(42-21(4)38)14-32(7)27-9-8-24-19(2)25(40)10-11-33(24)17-34(27,33)13-12-31(28,32)6/h10-11,18-20,24,26-29H,8-9,12-17H2,1-7H3/t18?,19-,20-,24-,26-,27-,28-,29+,31+,32-,33+,34-/m0/s1. The zero-order valence-electron chi connectivity index (χ0n) is 26.7. The van der Waals surface area contributed by atoms with Gasteiger partial charge in [-0.3, -0.25) is 14.4 Å². The number of nitrogens with zero attached hydrogens (tertiary/aromatic N) is 3. The molecule has 0 N–H and O–H groups in total. The van der Waals surface area contributed by atoms with E-state index in [1.54, 1.807) is 0 Å². The van der Waals surface area contributed by atoms with Crippen LogP contribution in [0.3, 0.4) is 0 Å². The van der Waals surface area contributed by atoms with Gasteiger partial charge >= 0.3 is 11.9 Å². The van der Waals surface area contributed by atoms with Gasteiger partial charge in [-0.25, -0.2) is 0 Å². The molecule has 0 bridgehead atoms. The monoisotopic (exact) mass is 593 g/mol. The van der Waals surface area contributed by atoms with Gasteiger partial charge < -0.3 is 14.2 Å². The molecule has 0 aromatic rings. The van der Waals surface area contributed by atoms with E-state index in [1.807, 2.05) is 13.0 Å². The maximum Gasteiger partial charge on any atom is 0.303 e. The molecule has 6 aliphatic rings. The molecule has 12 atom stereocenters. The molecule has 4 saturated carbocycles. The molecule has 1 unspecified atom stereocenters. The van der Waals surface area contributed by atoms with E-state index >= 15 is 0 Å². The molecule has 234 valence electrons. The lowest BCUT2D eigenvalue weighted by Gasteiger charge is -2.61. The second-order valence-corrected chi connectivity index (χ2v) is 15.2. The van der Waals surface area contributed by atoms with Crippen molar-refractivity contribution in [2.24, 2.45) is 62.3 Å². The molecular formula is C34H47N3O6. The fraction of sp³-hybridized carbons (Fsp3) is 0.794. The summed E-state index contributed by atoms with van der Waals surface area (Å²) in [5, 5.41) is 3.82. The summed E-state index contributed by atoms with van der Waals surface area (Å²) in [7, 11) is 0. The first kappa shape index (κ1) is 30.2. The van der Waals surface area contributed by atoms with Crippen molar-refractivity contribution in [3.63, 3.8) is 0 Å². The normalized spacial score (nSPS) is 45.4. The van der Waals surface area contributed by atoms with Crippen LogP contribution in [0.1, 0.15) is 87.0 Å². The molecule has 4 fully saturated rings. The molecule has 0 aromatic heterocycles. The van der Waals surface area contributed by atoms with Gasteiger partial charge in [0.15, 0.2) is 11.9 Å². The zero-order chi connectivity index (χ0) is 31.1. The lowest BCUT2D eigenvalue weighted by atomic mass is 9.43. The Morgan fingerprint density at radius 3 is 2.58 bits per heavy atom.